The van der Waals surface area contributed by atoms with Gasteiger partial charge in [0, 0.05) is 29.1 Å². The fourth-order valence-corrected chi connectivity index (χ4v) is 3.95. The predicted octanol–water partition coefficient (Wildman–Crippen LogP) is 4.37. The fourth-order valence-electron chi connectivity index (χ4n) is 3.83. The van der Waals surface area contributed by atoms with Gasteiger partial charge in [-0.25, -0.2) is 9.50 Å². The monoisotopic (exact) mass is 404 g/mol. The molecular formula is C22H17ClN4O2. The van der Waals surface area contributed by atoms with Gasteiger partial charge in [0.2, 0.25) is 0 Å². The van der Waals surface area contributed by atoms with Crippen LogP contribution in [0.1, 0.15) is 34.0 Å². The number of hydrogen-bond donors (Lipinski definition) is 0. The van der Waals surface area contributed by atoms with Crippen molar-refractivity contribution in [3.05, 3.63) is 76.6 Å². The number of ketones is 1. The van der Waals surface area contributed by atoms with Gasteiger partial charge in [-0.2, -0.15) is 4.98 Å². The molecule has 6 nitrogen and oxygen atoms in total. The van der Waals surface area contributed by atoms with E-state index < -0.39 is 0 Å². The van der Waals surface area contributed by atoms with E-state index in [2.05, 4.69) is 15.1 Å². The molecule has 0 spiro atoms. The molecule has 2 aromatic heterocycles. The first kappa shape index (κ1) is 17.8. The average molecular weight is 405 g/mol. The first-order valence-corrected chi connectivity index (χ1v) is 9.68. The van der Waals surface area contributed by atoms with Crippen LogP contribution in [-0.4, -0.2) is 32.5 Å². The Bertz CT molecular complexity index is 1230. The Balaban J connectivity index is 1.55. The lowest BCUT2D eigenvalue weighted by Gasteiger charge is -2.24. The Kier molecular flexibility index (Phi) is 4.28. The molecule has 4 aromatic rings. The Morgan fingerprint density at radius 2 is 1.86 bits per heavy atom. The number of rotatable bonds is 3. The minimum atomic E-state index is 0.0276. The number of para-hydroxylation sites is 1. The van der Waals surface area contributed by atoms with Crippen LogP contribution >= 0.6 is 11.6 Å². The summed E-state index contributed by atoms with van der Waals surface area (Å²) in [5.41, 5.74) is 3.23. The number of carbonyl (C=O) groups is 1. The van der Waals surface area contributed by atoms with Crippen LogP contribution in [0.2, 0.25) is 5.02 Å². The minimum absolute atomic E-state index is 0.0276. The summed E-state index contributed by atoms with van der Waals surface area (Å²) in [5, 5.41) is 5.14. The van der Waals surface area contributed by atoms with Crippen molar-refractivity contribution in [2.24, 2.45) is 0 Å². The van der Waals surface area contributed by atoms with Crippen LogP contribution in [-0.2, 0) is 6.42 Å². The molecule has 0 saturated carbocycles. The number of aromatic nitrogens is 4. The number of methoxy groups -OCH3 is 1. The third-order valence-corrected chi connectivity index (χ3v) is 5.52. The summed E-state index contributed by atoms with van der Waals surface area (Å²) in [6.07, 6.45) is 2.81. The first-order chi connectivity index (χ1) is 14.1. The number of hydrogen-bond acceptors (Lipinski definition) is 5. The molecule has 2 aromatic carbocycles. The van der Waals surface area contributed by atoms with Gasteiger partial charge in [0.25, 0.3) is 5.78 Å². The molecule has 0 radical (unpaired) electrons. The van der Waals surface area contributed by atoms with E-state index in [0.717, 1.165) is 22.6 Å². The summed E-state index contributed by atoms with van der Waals surface area (Å²) < 4.78 is 7.06. The van der Waals surface area contributed by atoms with Crippen molar-refractivity contribution in [3.8, 4) is 17.1 Å². The molecule has 0 unspecified atom stereocenters. The molecule has 5 rings (SSSR count). The van der Waals surface area contributed by atoms with Gasteiger partial charge in [0.05, 0.1) is 18.4 Å². The van der Waals surface area contributed by atoms with Crippen molar-refractivity contribution in [1.82, 2.24) is 19.6 Å². The second-order valence-corrected chi connectivity index (χ2v) is 7.49. The number of carbonyl (C=O) groups excluding carboxylic acids is 1. The Labute approximate surface area is 172 Å². The normalized spacial score (nSPS) is 16.1. The van der Waals surface area contributed by atoms with Crippen molar-refractivity contribution in [2.45, 2.75) is 18.8 Å². The maximum atomic E-state index is 12.9. The van der Waals surface area contributed by atoms with Crippen LogP contribution in [0.3, 0.4) is 0 Å². The molecule has 2 heterocycles. The second-order valence-electron chi connectivity index (χ2n) is 7.06. The smallest absolute Gasteiger partial charge is 0.252 e. The summed E-state index contributed by atoms with van der Waals surface area (Å²) in [6, 6.07) is 15.1. The van der Waals surface area contributed by atoms with Crippen molar-refractivity contribution in [3.63, 3.8) is 0 Å². The number of ether oxygens (including phenoxy) is 1. The number of halogens is 1. The van der Waals surface area contributed by atoms with Gasteiger partial charge >= 0.3 is 0 Å². The van der Waals surface area contributed by atoms with E-state index in [1.807, 2.05) is 36.4 Å². The molecule has 144 valence electrons. The Morgan fingerprint density at radius 3 is 2.66 bits per heavy atom. The van der Waals surface area contributed by atoms with Gasteiger partial charge in [0.15, 0.2) is 11.6 Å². The molecule has 0 bridgehead atoms. The van der Waals surface area contributed by atoms with E-state index in [9.17, 15) is 4.79 Å². The quantitative estimate of drug-likeness (QED) is 0.507. The Morgan fingerprint density at radius 1 is 1.07 bits per heavy atom. The minimum Gasteiger partial charge on any atom is -0.496 e. The van der Waals surface area contributed by atoms with Gasteiger partial charge < -0.3 is 4.74 Å². The molecule has 0 N–H and O–H groups in total. The lowest BCUT2D eigenvalue weighted by molar-refractivity contribution is 0.0962. The van der Waals surface area contributed by atoms with E-state index >= 15 is 0 Å². The highest BCUT2D eigenvalue weighted by molar-refractivity contribution is 6.30. The highest BCUT2D eigenvalue weighted by Gasteiger charge is 2.30. The molecule has 0 amide bonds. The molecular weight excluding hydrogens is 388 g/mol. The maximum Gasteiger partial charge on any atom is 0.252 e. The van der Waals surface area contributed by atoms with Gasteiger partial charge in [-0.05, 0) is 42.3 Å². The summed E-state index contributed by atoms with van der Waals surface area (Å²) in [7, 11) is 1.65. The van der Waals surface area contributed by atoms with Crippen LogP contribution in [0.25, 0.3) is 17.2 Å². The maximum absolute atomic E-state index is 12.9. The molecule has 0 fully saturated rings. The van der Waals surface area contributed by atoms with Crippen LogP contribution in [0, 0.1) is 0 Å². The molecule has 1 aliphatic carbocycles. The average Bonchev–Trinajstić information content (AvgIpc) is 3.15. The third kappa shape index (κ3) is 3.15. The number of benzene rings is 2. The van der Waals surface area contributed by atoms with Crippen molar-refractivity contribution in [2.75, 3.05) is 7.11 Å². The van der Waals surface area contributed by atoms with E-state index in [0.29, 0.717) is 35.0 Å². The summed E-state index contributed by atoms with van der Waals surface area (Å²) in [5.74, 6) is 1.90. The number of fused-ring (bicyclic) bond motifs is 2. The number of Topliss-reactive ketones (excluding diaryl/α,β-unsaturated/α-hetero) is 1. The van der Waals surface area contributed by atoms with Crippen LogP contribution in [0.5, 0.6) is 5.75 Å². The lowest BCUT2D eigenvalue weighted by Crippen LogP contribution is -2.21. The summed E-state index contributed by atoms with van der Waals surface area (Å²) in [6.45, 7) is 0. The zero-order valence-corrected chi connectivity index (χ0v) is 16.4. The molecule has 1 atom stereocenters. The standard InChI is InChI=1S/C22H17ClN4O2/c1-29-20-5-3-2-4-16(20)14-10-18-17(19(28)11-14)12-27-22(24-18)25-21(26-27)13-6-8-15(23)9-7-13/h2-9,12,14H,10-11H2,1H3/t14-/m1/s1. The zero-order valence-electron chi connectivity index (χ0n) is 15.7. The van der Waals surface area contributed by atoms with Crippen molar-refractivity contribution >= 4 is 23.2 Å². The van der Waals surface area contributed by atoms with Crippen molar-refractivity contribution < 1.29 is 9.53 Å². The lowest BCUT2D eigenvalue weighted by atomic mass is 9.82. The Hall–Kier alpha value is -3.25. The highest BCUT2D eigenvalue weighted by atomic mass is 35.5. The van der Waals surface area contributed by atoms with Gasteiger partial charge in [-0.3, -0.25) is 4.79 Å². The van der Waals surface area contributed by atoms with Gasteiger partial charge in [-0.1, -0.05) is 29.8 Å². The SMILES string of the molecule is COc1ccccc1[C@H]1CC(=O)c2cn3nc(-c4ccc(Cl)cc4)nc3nc2C1. The van der Waals surface area contributed by atoms with Gasteiger partial charge in [-0.15, -0.1) is 5.10 Å². The number of nitrogens with zero attached hydrogens (tertiary/aromatic N) is 4. The van der Waals surface area contributed by atoms with Crippen molar-refractivity contribution in [1.29, 1.82) is 0 Å². The van der Waals surface area contributed by atoms with Crippen LogP contribution < -0.4 is 4.74 Å². The van der Waals surface area contributed by atoms with Gasteiger partial charge in [0.1, 0.15) is 5.75 Å². The molecule has 0 saturated heterocycles. The summed E-state index contributed by atoms with van der Waals surface area (Å²) >= 11 is 5.96. The van der Waals surface area contributed by atoms with E-state index in [4.69, 9.17) is 16.3 Å². The van der Waals surface area contributed by atoms with E-state index in [-0.39, 0.29) is 11.7 Å². The highest BCUT2D eigenvalue weighted by Crippen LogP contribution is 2.36. The predicted molar refractivity (Wildman–Crippen MR) is 110 cm³/mol. The fraction of sp³-hybridized carbons (Fsp3) is 0.182. The van der Waals surface area contributed by atoms with Crippen LogP contribution in [0.4, 0.5) is 0 Å². The molecule has 29 heavy (non-hydrogen) atoms. The van der Waals surface area contributed by atoms with E-state index in [1.165, 1.54) is 0 Å². The topological polar surface area (TPSA) is 69.4 Å². The first-order valence-electron chi connectivity index (χ1n) is 9.30. The summed E-state index contributed by atoms with van der Waals surface area (Å²) in [4.78, 5) is 22.1. The van der Waals surface area contributed by atoms with E-state index in [1.54, 1.807) is 30.0 Å². The molecule has 7 heteroatoms. The third-order valence-electron chi connectivity index (χ3n) is 5.26. The molecule has 1 aliphatic rings. The second kappa shape index (κ2) is 6.97. The zero-order chi connectivity index (χ0) is 20.0. The molecule has 0 aliphatic heterocycles. The van der Waals surface area contributed by atoms with Crippen LogP contribution in [0.15, 0.2) is 54.7 Å². The largest absolute Gasteiger partial charge is 0.496 e.